The van der Waals surface area contributed by atoms with Gasteiger partial charge in [-0.3, -0.25) is 4.79 Å². The van der Waals surface area contributed by atoms with Gasteiger partial charge in [-0.2, -0.15) is 4.31 Å². The standard InChI is InChI=1S/C16H21N3O3S2/c17-13-9-19(8-12(13)10-1-2-10)24(21,22)11-3-4-15-14(7-11)18-16(20)5-6-23-15/h3-4,7,10,12-13H,1-2,5-6,8-9,17H2,(H,18,20)/t12-,13+/m1/s1. The largest absolute Gasteiger partial charge is 0.326 e. The van der Waals surface area contributed by atoms with Crippen LogP contribution in [-0.4, -0.2) is 43.5 Å². The Balaban J connectivity index is 1.61. The Morgan fingerprint density at radius 3 is 2.79 bits per heavy atom. The Kier molecular flexibility index (Phi) is 4.11. The Morgan fingerprint density at radius 1 is 1.25 bits per heavy atom. The van der Waals surface area contributed by atoms with Crippen LogP contribution < -0.4 is 11.1 Å². The molecule has 0 unspecified atom stereocenters. The van der Waals surface area contributed by atoms with Crippen molar-refractivity contribution in [3.05, 3.63) is 18.2 Å². The monoisotopic (exact) mass is 367 g/mol. The fourth-order valence-corrected chi connectivity index (χ4v) is 6.02. The Hall–Kier alpha value is -1.09. The Bertz CT molecular complexity index is 777. The molecule has 1 aromatic rings. The van der Waals surface area contributed by atoms with Crippen molar-refractivity contribution < 1.29 is 13.2 Å². The van der Waals surface area contributed by atoms with E-state index >= 15 is 0 Å². The minimum atomic E-state index is -3.58. The minimum absolute atomic E-state index is 0.0761. The van der Waals surface area contributed by atoms with Crippen LogP contribution >= 0.6 is 11.8 Å². The van der Waals surface area contributed by atoms with Gasteiger partial charge in [0.2, 0.25) is 15.9 Å². The van der Waals surface area contributed by atoms with E-state index in [0.29, 0.717) is 36.9 Å². The molecule has 1 saturated carbocycles. The van der Waals surface area contributed by atoms with Crippen molar-refractivity contribution in [1.29, 1.82) is 0 Å². The van der Waals surface area contributed by atoms with Crippen LogP contribution in [0.1, 0.15) is 19.3 Å². The molecule has 0 aromatic heterocycles. The first-order valence-electron chi connectivity index (χ1n) is 8.27. The molecular weight excluding hydrogens is 346 g/mol. The fraction of sp³-hybridized carbons (Fsp3) is 0.562. The molecule has 2 heterocycles. The summed E-state index contributed by atoms with van der Waals surface area (Å²) in [7, 11) is -3.58. The lowest BCUT2D eigenvalue weighted by molar-refractivity contribution is -0.115. The van der Waals surface area contributed by atoms with Crippen LogP contribution in [0.3, 0.4) is 0 Å². The van der Waals surface area contributed by atoms with Gasteiger partial charge in [-0.05, 0) is 42.9 Å². The average Bonchev–Trinajstić information content (AvgIpc) is 3.32. The van der Waals surface area contributed by atoms with Gasteiger partial charge in [-0.15, -0.1) is 11.8 Å². The van der Waals surface area contributed by atoms with Crippen LogP contribution in [0.5, 0.6) is 0 Å². The molecule has 3 N–H and O–H groups in total. The molecule has 1 saturated heterocycles. The molecule has 2 aliphatic heterocycles. The van der Waals surface area contributed by atoms with Crippen LogP contribution in [0.4, 0.5) is 5.69 Å². The van der Waals surface area contributed by atoms with Crippen molar-refractivity contribution in [2.75, 3.05) is 24.2 Å². The molecule has 2 atom stereocenters. The summed E-state index contributed by atoms with van der Waals surface area (Å²) in [5.74, 6) is 1.49. The number of sulfonamides is 1. The smallest absolute Gasteiger partial charge is 0.243 e. The zero-order valence-corrected chi connectivity index (χ0v) is 14.9. The van der Waals surface area contributed by atoms with Crippen LogP contribution in [0.2, 0.25) is 0 Å². The number of hydrogen-bond acceptors (Lipinski definition) is 5. The first-order chi connectivity index (χ1) is 11.4. The number of rotatable bonds is 3. The highest BCUT2D eigenvalue weighted by Crippen LogP contribution is 2.42. The van der Waals surface area contributed by atoms with Gasteiger partial charge >= 0.3 is 0 Å². The second-order valence-corrected chi connectivity index (χ2v) is 9.87. The van der Waals surface area contributed by atoms with Crippen molar-refractivity contribution in [3.8, 4) is 0 Å². The Labute approximate surface area is 146 Å². The molecule has 1 amide bonds. The summed E-state index contributed by atoms with van der Waals surface area (Å²) in [5.41, 5.74) is 6.76. The van der Waals surface area contributed by atoms with E-state index in [-0.39, 0.29) is 22.8 Å². The lowest BCUT2D eigenvalue weighted by atomic mass is 9.99. The molecule has 1 aliphatic carbocycles. The maximum Gasteiger partial charge on any atom is 0.243 e. The number of hydrogen-bond donors (Lipinski definition) is 2. The maximum absolute atomic E-state index is 13.0. The lowest BCUT2D eigenvalue weighted by Gasteiger charge is -2.17. The van der Waals surface area contributed by atoms with Gasteiger partial charge in [-0.1, -0.05) is 0 Å². The van der Waals surface area contributed by atoms with Crippen LogP contribution in [0.15, 0.2) is 28.0 Å². The van der Waals surface area contributed by atoms with Gasteiger partial charge in [0.25, 0.3) is 0 Å². The van der Waals surface area contributed by atoms with Crippen LogP contribution in [0, 0.1) is 11.8 Å². The second kappa shape index (κ2) is 6.01. The molecular formula is C16H21N3O3S2. The average molecular weight is 367 g/mol. The van der Waals surface area contributed by atoms with Gasteiger partial charge in [-0.25, -0.2) is 8.42 Å². The van der Waals surface area contributed by atoms with Crippen molar-refractivity contribution in [2.45, 2.75) is 35.1 Å². The normalized spacial score (nSPS) is 28.3. The highest BCUT2D eigenvalue weighted by molar-refractivity contribution is 7.99. The van der Waals surface area contributed by atoms with Gasteiger partial charge in [0.05, 0.1) is 10.6 Å². The molecule has 24 heavy (non-hydrogen) atoms. The first-order valence-corrected chi connectivity index (χ1v) is 10.7. The quantitative estimate of drug-likeness (QED) is 0.844. The number of nitrogens with zero attached hydrogens (tertiary/aromatic N) is 1. The van der Waals surface area contributed by atoms with Crippen molar-refractivity contribution in [1.82, 2.24) is 4.31 Å². The summed E-state index contributed by atoms with van der Waals surface area (Å²) >= 11 is 1.57. The molecule has 4 rings (SSSR count). The van der Waals surface area contributed by atoms with E-state index in [1.807, 2.05) is 0 Å². The molecule has 6 nitrogen and oxygen atoms in total. The van der Waals surface area contributed by atoms with Gasteiger partial charge < -0.3 is 11.1 Å². The zero-order chi connectivity index (χ0) is 16.9. The Morgan fingerprint density at radius 2 is 2.04 bits per heavy atom. The third kappa shape index (κ3) is 2.96. The molecule has 130 valence electrons. The summed E-state index contributed by atoms with van der Waals surface area (Å²) in [6, 6.07) is 4.92. The second-order valence-electron chi connectivity index (χ2n) is 6.79. The number of carbonyl (C=O) groups is 1. The van der Waals surface area contributed by atoms with E-state index < -0.39 is 10.0 Å². The minimum Gasteiger partial charge on any atom is -0.326 e. The molecule has 1 aromatic carbocycles. The third-order valence-corrected chi connectivity index (χ3v) is 7.96. The highest BCUT2D eigenvalue weighted by Gasteiger charge is 2.44. The molecule has 0 bridgehead atoms. The molecule has 8 heteroatoms. The van der Waals surface area contributed by atoms with E-state index in [1.165, 1.54) is 4.31 Å². The SMILES string of the molecule is N[C@H]1CN(S(=O)(=O)c2ccc3c(c2)NC(=O)CCS3)C[C@@H]1C1CC1. The van der Waals surface area contributed by atoms with E-state index in [2.05, 4.69) is 5.32 Å². The van der Waals surface area contributed by atoms with E-state index in [0.717, 1.165) is 17.7 Å². The maximum atomic E-state index is 13.0. The number of carbonyl (C=O) groups excluding carboxylic acids is 1. The number of amides is 1. The fourth-order valence-electron chi connectivity index (χ4n) is 3.54. The summed E-state index contributed by atoms with van der Waals surface area (Å²) in [6.45, 7) is 0.883. The third-order valence-electron chi connectivity index (χ3n) is 5.06. The number of fused-ring (bicyclic) bond motifs is 1. The number of nitrogens with two attached hydrogens (primary N) is 1. The van der Waals surface area contributed by atoms with Crippen molar-refractivity contribution in [2.24, 2.45) is 17.6 Å². The van der Waals surface area contributed by atoms with Gasteiger partial charge in [0, 0.05) is 36.2 Å². The van der Waals surface area contributed by atoms with E-state index in [4.69, 9.17) is 5.73 Å². The van der Waals surface area contributed by atoms with Crippen molar-refractivity contribution in [3.63, 3.8) is 0 Å². The molecule has 0 spiro atoms. The molecule has 0 radical (unpaired) electrons. The predicted octanol–water partition coefficient (Wildman–Crippen LogP) is 1.48. The highest BCUT2D eigenvalue weighted by atomic mass is 32.2. The zero-order valence-electron chi connectivity index (χ0n) is 13.3. The summed E-state index contributed by atoms with van der Waals surface area (Å²) in [5, 5.41) is 2.80. The van der Waals surface area contributed by atoms with Crippen molar-refractivity contribution >= 4 is 33.4 Å². The van der Waals surface area contributed by atoms with Gasteiger partial charge in [0.15, 0.2) is 0 Å². The topological polar surface area (TPSA) is 92.5 Å². The number of nitrogens with one attached hydrogen (secondary N) is 1. The summed E-state index contributed by atoms with van der Waals surface area (Å²) in [6.07, 6.45) is 2.76. The number of thioether (sulfide) groups is 1. The first kappa shape index (κ1) is 16.4. The predicted molar refractivity (Wildman–Crippen MR) is 93.4 cm³/mol. The van der Waals surface area contributed by atoms with Crippen LogP contribution in [-0.2, 0) is 14.8 Å². The van der Waals surface area contributed by atoms with E-state index in [1.54, 1.807) is 30.0 Å². The summed E-state index contributed by atoms with van der Waals surface area (Å²) in [4.78, 5) is 12.9. The van der Waals surface area contributed by atoms with Crippen LogP contribution in [0.25, 0.3) is 0 Å². The number of anilines is 1. The molecule has 2 fully saturated rings. The van der Waals surface area contributed by atoms with Gasteiger partial charge in [0.1, 0.15) is 0 Å². The summed E-state index contributed by atoms with van der Waals surface area (Å²) < 4.78 is 27.5. The number of benzene rings is 1. The van der Waals surface area contributed by atoms with E-state index in [9.17, 15) is 13.2 Å². The lowest BCUT2D eigenvalue weighted by Crippen LogP contribution is -2.32. The molecule has 3 aliphatic rings.